The van der Waals surface area contributed by atoms with Gasteiger partial charge < -0.3 is 5.32 Å². The highest BCUT2D eigenvalue weighted by Crippen LogP contribution is 2.26. The first-order chi connectivity index (χ1) is 11.3. The third-order valence-electron chi connectivity index (χ3n) is 4.58. The van der Waals surface area contributed by atoms with Gasteiger partial charge in [0.05, 0.1) is 4.90 Å². The number of amides is 1. The van der Waals surface area contributed by atoms with Gasteiger partial charge in [0.1, 0.15) is 0 Å². The maximum Gasteiger partial charge on any atom is 0.251 e. The number of sulfonamides is 1. The van der Waals surface area contributed by atoms with Gasteiger partial charge in [-0.05, 0) is 69.7 Å². The smallest absolute Gasteiger partial charge is 0.251 e. The van der Waals surface area contributed by atoms with E-state index in [-0.39, 0.29) is 22.9 Å². The summed E-state index contributed by atoms with van der Waals surface area (Å²) in [6.07, 6.45) is 5.59. The van der Waals surface area contributed by atoms with E-state index in [9.17, 15) is 13.2 Å². The molecule has 0 aromatic heterocycles. The second kappa shape index (κ2) is 8.12. The summed E-state index contributed by atoms with van der Waals surface area (Å²) in [5, 5.41) is 3.07. The first-order valence-corrected chi connectivity index (χ1v) is 10.2. The minimum absolute atomic E-state index is 0.129. The molecule has 1 aromatic rings. The fourth-order valence-electron chi connectivity index (χ4n) is 3.15. The highest BCUT2D eigenvalue weighted by atomic mass is 32.2. The Morgan fingerprint density at radius 2 is 1.71 bits per heavy atom. The monoisotopic (exact) mass is 352 g/mol. The normalized spacial score (nSPS) is 21.7. The second-order valence-corrected chi connectivity index (χ2v) is 8.61. The van der Waals surface area contributed by atoms with E-state index in [0.717, 1.165) is 18.8 Å². The van der Waals surface area contributed by atoms with Crippen molar-refractivity contribution in [3.63, 3.8) is 0 Å². The van der Waals surface area contributed by atoms with Gasteiger partial charge in [-0.1, -0.05) is 13.3 Å². The van der Waals surface area contributed by atoms with Crippen LogP contribution in [0.4, 0.5) is 0 Å². The van der Waals surface area contributed by atoms with Gasteiger partial charge in [-0.25, -0.2) is 13.1 Å². The number of hydrogen-bond acceptors (Lipinski definition) is 3. The zero-order chi connectivity index (χ0) is 17.7. The van der Waals surface area contributed by atoms with E-state index in [1.807, 2.05) is 0 Å². The molecule has 1 amide bonds. The van der Waals surface area contributed by atoms with Crippen LogP contribution in [0.2, 0.25) is 0 Å². The third kappa shape index (κ3) is 5.05. The van der Waals surface area contributed by atoms with Gasteiger partial charge in [-0.3, -0.25) is 4.79 Å². The van der Waals surface area contributed by atoms with E-state index in [1.54, 1.807) is 26.0 Å². The average Bonchev–Trinajstić information content (AvgIpc) is 2.54. The van der Waals surface area contributed by atoms with Crippen LogP contribution in [0.15, 0.2) is 29.2 Å². The predicted molar refractivity (Wildman–Crippen MR) is 95.4 cm³/mol. The molecule has 1 aliphatic carbocycles. The van der Waals surface area contributed by atoms with Crippen molar-refractivity contribution in [2.75, 3.05) is 0 Å². The summed E-state index contributed by atoms with van der Waals surface area (Å²) in [6.45, 7) is 5.76. The quantitative estimate of drug-likeness (QED) is 0.826. The molecular weight excluding hydrogens is 324 g/mol. The van der Waals surface area contributed by atoms with Gasteiger partial charge in [0.2, 0.25) is 10.0 Å². The second-order valence-electron chi connectivity index (χ2n) is 6.90. The van der Waals surface area contributed by atoms with Crippen molar-refractivity contribution in [1.82, 2.24) is 10.0 Å². The van der Waals surface area contributed by atoms with Gasteiger partial charge >= 0.3 is 0 Å². The van der Waals surface area contributed by atoms with E-state index in [4.69, 9.17) is 0 Å². The van der Waals surface area contributed by atoms with Crippen LogP contribution in [-0.2, 0) is 10.0 Å². The molecule has 2 rings (SSSR count). The van der Waals surface area contributed by atoms with Crippen molar-refractivity contribution < 1.29 is 13.2 Å². The van der Waals surface area contributed by atoms with E-state index < -0.39 is 10.0 Å². The van der Waals surface area contributed by atoms with E-state index in [2.05, 4.69) is 17.0 Å². The highest BCUT2D eigenvalue weighted by molar-refractivity contribution is 7.89. The molecule has 1 saturated carbocycles. The highest BCUT2D eigenvalue weighted by Gasteiger charge is 2.22. The number of carbonyl (C=O) groups is 1. The maximum atomic E-state index is 12.3. The summed E-state index contributed by atoms with van der Waals surface area (Å²) in [7, 11) is -3.52. The van der Waals surface area contributed by atoms with Crippen LogP contribution in [0, 0.1) is 5.92 Å². The molecule has 0 heterocycles. The maximum absolute atomic E-state index is 12.3. The van der Waals surface area contributed by atoms with Crippen molar-refractivity contribution in [2.45, 2.75) is 69.9 Å². The lowest BCUT2D eigenvalue weighted by atomic mass is 9.84. The van der Waals surface area contributed by atoms with Crippen molar-refractivity contribution in [2.24, 2.45) is 5.92 Å². The molecule has 0 unspecified atom stereocenters. The first kappa shape index (κ1) is 18.9. The van der Waals surface area contributed by atoms with Crippen LogP contribution in [0.25, 0.3) is 0 Å². The van der Waals surface area contributed by atoms with Gasteiger partial charge in [0, 0.05) is 17.6 Å². The molecule has 0 spiro atoms. The first-order valence-electron chi connectivity index (χ1n) is 8.75. The van der Waals surface area contributed by atoms with Crippen LogP contribution in [-0.4, -0.2) is 26.4 Å². The molecule has 1 aromatic carbocycles. The molecule has 0 atom stereocenters. The predicted octanol–water partition coefficient (Wildman–Crippen LogP) is 3.07. The fourth-order valence-corrected chi connectivity index (χ4v) is 4.40. The zero-order valence-corrected chi connectivity index (χ0v) is 15.5. The molecule has 5 nitrogen and oxygen atoms in total. The van der Waals surface area contributed by atoms with Crippen LogP contribution in [0.5, 0.6) is 0 Å². The molecule has 1 fully saturated rings. The summed E-state index contributed by atoms with van der Waals surface area (Å²) in [6, 6.07) is 6.16. The third-order valence-corrected chi connectivity index (χ3v) is 6.25. The summed E-state index contributed by atoms with van der Waals surface area (Å²) in [5.74, 6) is 0.659. The lowest BCUT2D eigenvalue weighted by Crippen LogP contribution is -2.37. The van der Waals surface area contributed by atoms with Crippen LogP contribution < -0.4 is 10.0 Å². The Morgan fingerprint density at radius 1 is 1.12 bits per heavy atom. The number of nitrogens with one attached hydrogen (secondary N) is 2. The molecule has 1 aliphatic rings. The van der Waals surface area contributed by atoms with Crippen LogP contribution >= 0.6 is 0 Å². The van der Waals surface area contributed by atoms with Crippen molar-refractivity contribution >= 4 is 15.9 Å². The van der Waals surface area contributed by atoms with Gasteiger partial charge in [-0.15, -0.1) is 0 Å². The summed E-state index contributed by atoms with van der Waals surface area (Å²) < 4.78 is 26.7. The van der Waals surface area contributed by atoms with Crippen LogP contribution in [0.1, 0.15) is 63.2 Å². The minimum atomic E-state index is -3.52. The molecule has 0 radical (unpaired) electrons. The summed E-state index contributed by atoms with van der Waals surface area (Å²) in [5.41, 5.74) is 0.496. The minimum Gasteiger partial charge on any atom is -0.349 e. The molecule has 24 heavy (non-hydrogen) atoms. The van der Waals surface area contributed by atoms with Gasteiger partial charge in [-0.2, -0.15) is 0 Å². The largest absolute Gasteiger partial charge is 0.349 e. The van der Waals surface area contributed by atoms with Crippen molar-refractivity contribution in [1.29, 1.82) is 0 Å². The lowest BCUT2D eigenvalue weighted by Gasteiger charge is -2.28. The number of rotatable bonds is 6. The number of benzene rings is 1. The Balaban J connectivity index is 1.97. The van der Waals surface area contributed by atoms with E-state index in [0.29, 0.717) is 5.56 Å². The standard InChI is InChI=1S/C18H28N2O3S/c1-4-14-5-9-16(10-6-14)19-18(21)15-7-11-17(12-8-15)24(22,23)20-13(2)3/h7-8,11-14,16,20H,4-6,9-10H2,1-3H3,(H,19,21). The molecule has 0 saturated heterocycles. The molecule has 2 N–H and O–H groups in total. The Hall–Kier alpha value is -1.40. The Labute approximate surface area is 145 Å². The Kier molecular flexibility index (Phi) is 6.40. The molecule has 134 valence electrons. The number of carbonyl (C=O) groups excluding carboxylic acids is 1. The van der Waals surface area contributed by atoms with Gasteiger partial charge in [0.25, 0.3) is 5.91 Å². The average molecular weight is 353 g/mol. The number of hydrogen-bond donors (Lipinski definition) is 2. The summed E-state index contributed by atoms with van der Waals surface area (Å²) in [4.78, 5) is 12.5. The topological polar surface area (TPSA) is 75.3 Å². The molecular formula is C18H28N2O3S. The Bertz CT molecular complexity index is 645. The van der Waals surface area contributed by atoms with E-state index in [1.165, 1.54) is 31.4 Å². The van der Waals surface area contributed by atoms with E-state index >= 15 is 0 Å². The molecule has 6 heteroatoms. The lowest BCUT2D eigenvalue weighted by molar-refractivity contribution is 0.0921. The Morgan fingerprint density at radius 3 is 2.21 bits per heavy atom. The van der Waals surface area contributed by atoms with Crippen molar-refractivity contribution in [3.8, 4) is 0 Å². The van der Waals surface area contributed by atoms with Gasteiger partial charge in [0.15, 0.2) is 0 Å². The van der Waals surface area contributed by atoms with Crippen LogP contribution in [0.3, 0.4) is 0 Å². The zero-order valence-electron chi connectivity index (χ0n) is 14.7. The molecule has 0 bridgehead atoms. The molecule has 0 aliphatic heterocycles. The summed E-state index contributed by atoms with van der Waals surface area (Å²) >= 11 is 0. The fraction of sp³-hybridized carbons (Fsp3) is 0.611. The SMILES string of the molecule is CCC1CCC(NC(=O)c2ccc(S(=O)(=O)NC(C)C)cc2)CC1. The van der Waals surface area contributed by atoms with Crippen molar-refractivity contribution in [3.05, 3.63) is 29.8 Å².